The highest BCUT2D eigenvalue weighted by Crippen LogP contribution is 2.18. The molecule has 0 bridgehead atoms. The standard InChI is InChI=1S/C12H18N2O2/c1-9(2)8-13-10(3)7-12(11(13)4)5-6-14(15)16/h5-7,9H,8H2,1-4H3/b6-5+. The normalized spacial score (nSPS) is 11.6. The van der Waals surface area contributed by atoms with Crippen LogP contribution in [0, 0.1) is 29.9 Å². The summed E-state index contributed by atoms with van der Waals surface area (Å²) in [6.45, 7) is 9.29. The van der Waals surface area contributed by atoms with Crippen LogP contribution in [0.4, 0.5) is 0 Å². The molecule has 0 aliphatic heterocycles. The van der Waals surface area contributed by atoms with Crippen molar-refractivity contribution in [1.29, 1.82) is 0 Å². The molecule has 0 aromatic carbocycles. The molecule has 0 saturated heterocycles. The third-order valence-electron chi connectivity index (χ3n) is 2.54. The predicted octanol–water partition coefficient (Wildman–Crippen LogP) is 3.01. The Kier molecular flexibility index (Phi) is 3.88. The highest BCUT2D eigenvalue weighted by Gasteiger charge is 2.08. The van der Waals surface area contributed by atoms with Crippen molar-refractivity contribution in [3.63, 3.8) is 0 Å². The van der Waals surface area contributed by atoms with Crippen LogP contribution in [0.25, 0.3) is 6.08 Å². The van der Waals surface area contributed by atoms with Crippen molar-refractivity contribution in [1.82, 2.24) is 4.57 Å². The molecule has 0 aliphatic carbocycles. The van der Waals surface area contributed by atoms with Crippen molar-refractivity contribution in [2.45, 2.75) is 34.2 Å². The van der Waals surface area contributed by atoms with Crippen LogP contribution >= 0.6 is 0 Å². The maximum absolute atomic E-state index is 10.3. The zero-order valence-corrected chi connectivity index (χ0v) is 10.2. The Morgan fingerprint density at radius 3 is 2.62 bits per heavy atom. The third kappa shape index (κ3) is 2.95. The Bertz CT molecular complexity index is 417. The van der Waals surface area contributed by atoms with E-state index in [0.717, 1.165) is 29.7 Å². The first-order valence-corrected chi connectivity index (χ1v) is 5.40. The van der Waals surface area contributed by atoms with Crippen molar-refractivity contribution >= 4 is 6.08 Å². The number of nitrogens with zero attached hydrogens (tertiary/aromatic N) is 2. The molecule has 16 heavy (non-hydrogen) atoms. The summed E-state index contributed by atoms with van der Waals surface area (Å²) >= 11 is 0. The van der Waals surface area contributed by atoms with E-state index >= 15 is 0 Å². The molecule has 0 unspecified atom stereocenters. The quantitative estimate of drug-likeness (QED) is 0.580. The molecular formula is C12H18N2O2. The van der Waals surface area contributed by atoms with Gasteiger partial charge in [-0.1, -0.05) is 13.8 Å². The van der Waals surface area contributed by atoms with Crippen LogP contribution in [0.3, 0.4) is 0 Å². The molecule has 4 heteroatoms. The molecule has 0 radical (unpaired) electrons. The lowest BCUT2D eigenvalue weighted by Gasteiger charge is -2.11. The average Bonchev–Trinajstić information content (AvgIpc) is 2.42. The zero-order valence-electron chi connectivity index (χ0n) is 10.2. The van der Waals surface area contributed by atoms with Crippen LogP contribution in [0.2, 0.25) is 0 Å². The lowest BCUT2D eigenvalue weighted by molar-refractivity contribution is -0.400. The number of nitro groups is 1. The van der Waals surface area contributed by atoms with Crippen LogP contribution in [-0.4, -0.2) is 9.49 Å². The largest absolute Gasteiger partial charge is 0.348 e. The van der Waals surface area contributed by atoms with E-state index in [0.29, 0.717) is 5.92 Å². The maximum Gasteiger partial charge on any atom is 0.235 e. The summed E-state index contributed by atoms with van der Waals surface area (Å²) in [5.41, 5.74) is 3.16. The van der Waals surface area contributed by atoms with E-state index in [1.54, 1.807) is 6.08 Å². The van der Waals surface area contributed by atoms with Gasteiger partial charge in [0.25, 0.3) is 0 Å². The van der Waals surface area contributed by atoms with Gasteiger partial charge in [0, 0.05) is 29.6 Å². The van der Waals surface area contributed by atoms with Crippen LogP contribution in [-0.2, 0) is 6.54 Å². The first kappa shape index (κ1) is 12.5. The summed E-state index contributed by atoms with van der Waals surface area (Å²) in [4.78, 5) is 9.83. The Labute approximate surface area is 95.7 Å². The molecule has 88 valence electrons. The van der Waals surface area contributed by atoms with Gasteiger partial charge in [-0.15, -0.1) is 0 Å². The molecule has 1 rings (SSSR count). The van der Waals surface area contributed by atoms with Crippen LogP contribution in [0.5, 0.6) is 0 Å². The highest BCUT2D eigenvalue weighted by atomic mass is 16.6. The molecule has 0 saturated carbocycles. The van der Waals surface area contributed by atoms with Crippen molar-refractivity contribution in [2.24, 2.45) is 5.92 Å². The van der Waals surface area contributed by atoms with Gasteiger partial charge in [0.2, 0.25) is 6.20 Å². The van der Waals surface area contributed by atoms with Gasteiger partial charge in [0.15, 0.2) is 0 Å². The molecule has 0 fully saturated rings. The first-order valence-electron chi connectivity index (χ1n) is 5.40. The van der Waals surface area contributed by atoms with E-state index in [2.05, 4.69) is 18.4 Å². The molecule has 0 spiro atoms. The zero-order chi connectivity index (χ0) is 12.3. The number of aryl methyl sites for hydroxylation is 1. The van der Waals surface area contributed by atoms with E-state index in [-0.39, 0.29) is 0 Å². The van der Waals surface area contributed by atoms with E-state index in [1.807, 2.05) is 19.9 Å². The third-order valence-corrected chi connectivity index (χ3v) is 2.54. The second-order valence-corrected chi connectivity index (χ2v) is 4.43. The molecular weight excluding hydrogens is 204 g/mol. The SMILES string of the molecule is Cc1cc(/C=C/[N+](=O)[O-])c(C)n1CC(C)C. The van der Waals surface area contributed by atoms with Crippen LogP contribution in [0.1, 0.15) is 30.8 Å². The smallest absolute Gasteiger partial charge is 0.235 e. The minimum absolute atomic E-state index is 0.436. The lowest BCUT2D eigenvalue weighted by Crippen LogP contribution is -2.07. The van der Waals surface area contributed by atoms with Crippen molar-refractivity contribution < 1.29 is 4.92 Å². The molecule has 0 amide bonds. The molecule has 0 aliphatic rings. The number of hydrogen-bond donors (Lipinski definition) is 0. The first-order chi connectivity index (χ1) is 7.41. The fourth-order valence-electron chi connectivity index (χ4n) is 1.78. The second-order valence-electron chi connectivity index (χ2n) is 4.43. The number of aromatic nitrogens is 1. The Hall–Kier alpha value is -1.58. The fraction of sp³-hybridized carbons (Fsp3) is 0.500. The lowest BCUT2D eigenvalue weighted by atomic mass is 10.2. The van der Waals surface area contributed by atoms with Gasteiger partial charge < -0.3 is 4.57 Å². The Morgan fingerprint density at radius 2 is 2.12 bits per heavy atom. The van der Waals surface area contributed by atoms with Gasteiger partial charge in [0.05, 0.1) is 4.92 Å². The van der Waals surface area contributed by atoms with Gasteiger partial charge in [-0.05, 0) is 25.8 Å². The van der Waals surface area contributed by atoms with Crippen LogP contribution in [0.15, 0.2) is 12.3 Å². The van der Waals surface area contributed by atoms with Crippen molar-refractivity contribution in [3.8, 4) is 0 Å². The molecule has 1 aromatic heterocycles. The van der Waals surface area contributed by atoms with E-state index in [1.165, 1.54) is 0 Å². The molecule has 0 N–H and O–H groups in total. The molecule has 0 atom stereocenters. The van der Waals surface area contributed by atoms with Gasteiger partial charge in [-0.2, -0.15) is 0 Å². The summed E-state index contributed by atoms with van der Waals surface area (Å²) in [6.07, 6.45) is 2.54. The summed E-state index contributed by atoms with van der Waals surface area (Å²) in [7, 11) is 0. The summed E-state index contributed by atoms with van der Waals surface area (Å²) in [5.74, 6) is 0.567. The van der Waals surface area contributed by atoms with Gasteiger partial charge in [0.1, 0.15) is 0 Å². The second kappa shape index (κ2) is 4.96. The van der Waals surface area contributed by atoms with Crippen LogP contribution < -0.4 is 0 Å². The Morgan fingerprint density at radius 1 is 1.50 bits per heavy atom. The molecule has 1 heterocycles. The highest BCUT2D eigenvalue weighted by molar-refractivity contribution is 5.52. The summed E-state index contributed by atoms with van der Waals surface area (Å²) < 4.78 is 2.20. The predicted molar refractivity (Wildman–Crippen MR) is 64.8 cm³/mol. The summed E-state index contributed by atoms with van der Waals surface area (Å²) in [5, 5.41) is 10.3. The summed E-state index contributed by atoms with van der Waals surface area (Å²) in [6, 6.07) is 1.98. The van der Waals surface area contributed by atoms with Gasteiger partial charge in [-0.25, -0.2) is 0 Å². The minimum Gasteiger partial charge on any atom is -0.348 e. The van der Waals surface area contributed by atoms with E-state index in [9.17, 15) is 10.1 Å². The monoisotopic (exact) mass is 222 g/mol. The van der Waals surface area contributed by atoms with Gasteiger partial charge in [-0.3, -0.25) is 10.1 Å². The average molecular weight is 222 g/mol. The van der Waals surface area contributed by atoms with E-state index in [4.69, 9.17) is 0 Å². The fourth-order valence-corrected chi connectivity index (χ4v) is 1.78. The van der Waals surface area contributed by atoms with Crippen molar-refractivity contribution in [2.75, 3.05) is 0 Å². The Balaban J connectivity index is 3.01. The van der Waals surface area contributed by atoms with Crippen molar-refractivity contribution in [3.05, 3.63) is 39.3 Å². The maximum atomic E-state index is 10.3. The molecule has 1 aromatic rings. The number of rotatable bonds is 4. The van der Waals surface area contributed by atoms with E-state index < -0.39 is 4.92 Å². The number of hydrogen-bond acceptors (Lipinski definition) is 2. The van der Waals surface area contributed by atoms with Gasteiger partial charge >= 0.3 is 0 Å². The topological polar surface area (TPSA) is 48.1 Å². The minimum atomic E-state index is -0.436. The molecule has 4 nitrogen and oxygen atoms in total.